The van der Waals surface area contributed by atoms with Gasteiger partial charge in [-0.15, -0.1) is 0 Å². The van der Waals surface area contributed by atoms with Crippen LogP contribution < -0.4 is 5.32 Å². The Kier molecular flexibility index (Phi) is 5.70. The van der Waals surface area contributed by atoms with Gasteiger partial charge in [-0.25, -0.2) is 0 Å². The first-order valence-electron chi connectivity index (χ1n) is 6.76. The van der Waals surface area contributed by atoms with Crippen LogP contribution in [0.3, 0.4) is 0 Å². The summed E-state index contributed by atoms with van der Waals surface area (Å²) in [5.74, 6) is 1.44. The summed E-state index contributed by atoms with van der Waals surface area (Å²) in [5.41, 5.74) is 4.37. The second kappa shape index (κ2) is 6.80. The molecule has 1 unspecified atom stereocenters. The zero-order valence-corrected chi connectivity index (χ0v) is 12.0. The Labute approximate surface area is 107 Å². The molecule has 0 saturated heterocycles. The van der Waals surface area contributed by atoms with Crippen LogP contribution in [0.15, 0.2) is 18.2 Å². The van der Waals surface area contributed by atoms with Crippen molar-refractivity contribution in [2.75, 3.05) is 13.1 Å². The predicted octanol–water partition coefficient (Wildman–Crippen LogP) is 3.73. The zero-order chi connectivity index (χ0) is 12.8. The largest absolute Gasteiger partial charge is 0.316 e. The number of nitrogens with one attached hydrogen (secondary N) is 1. The number of hydrogen-bond acceptors (Lipinski definition) is 1. The fourth-order valence-electron chi connectivity index (χ4n) is 2.10. The lowest BCUT2D eigenvalue weighted by Crippen LogP contribution is -2.26. The van der Waals surface area contributed by atoms with E-state index in [0.29, 0.717) is 5.92 Å². The van der Waals surface area contributed by atoms with Gasteiger partial charge in [0.1, 0.15) is 0 Å². The van der Waals surface area contributed by atoms with Gasteiger partial charge in [0, 0.05) is 0 Å². The lowest BCUT2D eigenvalue weighted by atomic mass is 9.95. The molecule has 0 aliphatic heterocycles. The SMILES string of the molecule is Cc1cccc(CC(C)CNCC(C)C)c1C. The van der Waals surface area contributed by atoms with E-state index in [2.05, 4.69) is 58.1 Å². The van der Waals surface area contributed by atoms with Crippen molar-refractivity contribution in [1.29, 1.82) is 0 Å². The predicted molar refractivity (Wildman–Crippen MR) is 76.5 cm³/mol. The number of hydrogen-bond donors (Lipinski definition) is 1. The molecule has 1 heteroatoms. The van der Waals surface area contributed by atoms with E-state index in [4.69, 9.17) is 0 Å². The molecule has 1 aromatic carbocycles. The summed E-state index contributed by atoms with van der Waals surface area (Å²) >= 11 is 0. The minimum absolute atomic E-state index is 0.703. The molecule has 1 N–H and O–H groups in total. The third kappa shape index (κ3) is 4.91. The molecule has 0 spiro atoms. The number of aryl methyl sites for hydroxylation is 1. The van der Waals surface area contributed by atoms with E-state index < -0.39 is 0 Å². The Bertz CT molecular complexity index is 341. The van der Waals surface area contributed by atoms with E-state index in [-0.39, 0.29) is 0 Å². The van der Waals surface area contributed by atoms with E-state index in [1.807, 2.05) is 0 Å². The minimum atomic E-state index is 0.703. The topological polar surface area (TPSA) is 12.0 Å². The van der Waals surface area contributed by atoms with Crippen LogP contribution >= 0.6 is 0 Å². The highest BCUT2D eigenvalue weighted by Crippen LogP contribution is 2.16. The molecule has 0 radical (unpaired) electrons. The van der Waals surface area contributed by atoms with Gasteiger partial charge >= 0.3 is 0 Å². The summed E-state index contributed by atoms with van der Waals surface area (Å²) < 4.78 is 0. The Morgan fingerprint density at radius 1 is 1.06 bits per heavy atom. The normalized spacial score (nSPS) is 13.1. The maximum Gasteiger partial charge on any atom is -0.00199 e. The Hall–Kier alpha value is -0.820. The summed E-state index contributed by atoms with van der Waals surface area (Å²) in [6.07, 6.45) is 1.18. The van der Waals surface area contributed by atoms with Gasteiger partial charge in [-0.05, 0) is 61.9 Å². The van der Waals surface area contributed by atoms with Crippen LogP contribution in [0.5, 0.6) is 0 Å². The van der Waals surface area contributed by atoms with Gasteiger partial charge in [0.15, 0.2) is 0 Å². The molecule has 96 valence electrons. The van der Waals surface area contributed by atoms with Crippen LogP contribution in [-0.2, 0) is 6.42 Å². The summed E-state index contributed by atoms with van der Waals surface area (Å²) in [6, 6.07) is 6.63. The average molecular weight is 233 g/mol. The van der Waals surface area contributed by atoms with E-state index in [1.165, 1.54) is 23.1 Å². The first kappa shape index (κ1) is 14.2. The monoisotopic (exact) mass is 233 g/mol. The highest BCUT2D eigenvalue weighted by molar-refractivity contribution is 5.33. The van der Waals surface area contributed by atoms with Crippen LogP contribution in [-0.4, -0.2) is 13.1 Å². The molecule has 0 bridgehead atoms. The Morgan fingerprint density at radius 2 is 1.76 bits per heavy atom. The third-order valence-corrected chi connectivity index (χ3v) is 3.33. The standard InChI is InChI=1S/C16H27N/c1-12(2)10-17-11-13(3)9-16-8-6-7-14(4)15(16)5/h6-8,12-13,17H,9-11H2,1-5H3. The van der Waals surface area contributed by atoms with Gasteiger partial charge in [0.2, 0.25) is 0 Å². The van der Waals surface area contributed by atoms with Crippen LogP contribution in [0.4, 0.5) is 0 Å². The molecule has 17 heavy (non-hydrogen) atoms. The highest BCUT2D eigenvalue weighted by Gasteiger charge is 2.07. The Balaban J connectivity index is 2.45. The molecule has 0 fully saturated rings. The molecule has 0 aliphatic rings. The fraction of sp³-hybridized carbons (Fsp3) is 0.625. The Morgan fingerprint density at radius 3 is 2.41 bits per heavy atom. The molecular formula is C16H27N. The van der Waals surface area contributed by atoms with Crippen molar-refractivity contribution in [2.45, 2.75) is 41.0 Å². The van der Waals surface area contributed by atoms with E-state index in [9.17, 15) is 0 Å². The fourth-order valence-corrected chi connectivity index (χ4v) is 2.10. The summed E-state index contributed by atoms with van der Waals surface area (Å²) in [7, 11) is 0. The number of rotatable bonds is 6. The highest BCUT2D eigenvalue weighted by atomic mass is 14.9. The lowest BCUT2D eigenvalue weighted by Gasteiger charge is -2.16. The van der Waals surface area contributed by atoms with Crippen molar-refractivity contribution in [2.24, 2.45) is 11.8 Å². The van der Waals surface area contributed by atoms with E-state index in [1.54, 1.807) is 0 Å². The van der Waals surface area contributed by atoms with Crippen LogP contribution in [0.2, 0.25) is 0 Å². The van der Waals surface area contributed by atoms with Crippen molar-refractivity contribution >= 4 is 0 Å². The maximum absolute atomic E-state index is 3.54. The van der Waals surface area contributed by atoms with Crippen molar-refractivity contribution in [3.63, 3.8) is 0 Å². The summed E-state index contributed by atoms with van der Waals surface area (Å²) in [6.45, 7) is 13.5. The van der Waals surface area contributed by atoms with Gasteiger partial charge < -0.3 is 5.32 Å². The van der Waals surface area contributed by atoms with Gasteiger partial charge in [-0.3, -0.25) is 0 Å². The van der Waals surface area contributed by atoms with Crippen molar-refractivity contribution in [3.8, 4) is 0 Å². The zero-order valence-electron chi connectivity index (χ0n) is 12.0. The quantitative estimate of drug-likeness (QED) is 0.789. The van der Waals surface area contributed by atoms with Crippen LogP contribution in [0.1, 0.15) is 37.5 Å². The second-order valence-electron chi connectivity index (χ2n) is 5.72. The van der Waals surface area contributed by atoms with Crippen molar-refractivity contribution < 1.29 is 0 Å². The van der Waals surface area contributed by atoms with Gasteiger partial charge in [-0.1, -0.05) is 39.0 Å². The van der Waals surface area contributed by atoms with E-state index >= 15 is 0 Å². The molecule has 1 aromatic rings. The molecule has 0 amide bonds. The molecule has 1 atom stereocenters. The molecule has 0 aromatic heterocycles. The second-order valence-corrected chi connectivity index (χ2v) is 5.72. The molecule has 1 nitrogen and oxygen atoms in total. The lowest BCUT2D eigenvalue weighted by molar-refractivity contribution is 0.473. The molecule has 0 aliphatic carbocycles. The summed E-state index contributed by atoms with van der Waals surface area (Å²) in [4.78, 5) is 0. The van der Waals surface area contributed by atoms with Crippen molar-refractivity contribution in [1.82, 2.24) is 5.32 Å². The maximum atomic E-state index is 3.54. The molecule has 0 heterocycles. The molecule has 0 saturated carbocycles. The van der Waals surface area contributed by atoms with Gasteiger partial charge in [0.25, 0.3) is 0 Å². The number of benzene rings is 1. The first-order valence-corrected chi connectivity index (χ1v) is 6.76. The van der Waals surface area contributed by atoms with E-state index in [0.717, 1.165) is 19.0 Å². The minimum Gasteiger partial charge on any atom is -0.316 e. The average Bonchev–Trinajstić information content (AvgIpc) is 2.24. The van der Waals surface area contributed by atoms with Gasteiger partial charge in [0.05, 0.1) is 0 Å². The van der Waals surface area contributed by atoms with Crippen LogP contribution in [0, 0.1) is 25.7 Å². The van der Waals surface area contributed by atoms with Crippen LogP contribution in [0.25, 0.3) is 0 Å². The van der Waals surface area contributed by atoms with Crippen molar-refractivity contribution in [3.05, 3.63) is 34.9 Å². The smallest absolute Gasteiger partial charge is 0.00199 e. The molecule has 1 rings (SSSR count). The third-order valence-electron chi connectivity index (χ3n) is 3.33. The first-order chi connectivity index (χ1) is 8.00. The van der Waals surface area contributed by atoms with Gasteiger partial charge in [-0.2, -0.15) is 0 Å². The molecular weight excluding hydrogens is 206 g/mol. The summed E-state index contributed by atoms with van der Waals surface area (Å²) in [5, 5.41) is 3.54.